The van der Waals surface area contributed by atoms with Crippen molar-refractivity contribution in [3.05, 3.63) is 46.7 Å². The van der Waals surface area contributed by atoms with Crippen LogP contribution in [0, 0.1) is 12.3 Å². The van der Waals surface area contributed by atoms with E-state index in [0.717, 1.165) is 0 Å². The van der Waals surface area contributed by atoms with Gasteiger partial charge in [-0.25, -0.2) is 4.68 Å². The first-order valence-electron chi connectivity index (χ1n) is 8.17. The number of hydrogen-bond donors (Lipinski definition) is 2. The average molecular weight is 364 g/mol. The summed E-state index contributed by atoms with van der Waals surface area (Å²) in [6, 6.07) is 7.20. The van der Waals surface area contributed by atoms with Gasteiger partial charge in [-0.1, -0.05) is 37.6 Å². The monoisotopic (exact) mass is 363 g/mol. The van der Waals surface area contributed by atoms with Gasteiger partial charge in [0.05, 0.1) is 16.1 Å². The van der Waals surface area contributed by atoms with Crippen molar-refractivity contribution >= 4 is 23.5 Å². The van der Waals surface area contributed by atoms with Crippen LogP contribution < -0.4 is 5.32 Å². The van der Waals surface area contributed by atoms with E-state index in [2.05, 4.69) is 10.4 Å². The molecular weight excluding hydrogens is 342 g/mol. The lowest BCUT2D eigenvalue weighted by molar-refractivity contribution is -0.149. The van der Waals surface area contributed by atoms with Crippen molar-refractivity contribution in [3.8, 4) is 5.69 Å². The third kappa shape index (κ3) is 3.85. The fourth-order valence-electron chi connectivity index (χ4n) is 2.66. The maximum atomic E-state index is 12.5. The number of para-hydroxylation sites is 1. The molecule has 2 N–H and O–H groups in total. The maximum absolute atomic E-state index is 12.5. The number of aromatic nitrogens is 2. The van der Waals surface area contributed by atoms with E-state index in [1.54, 1.807) is 43.8 Å². The largest absolute Gasteiger partial charge is 0.481 e. The van der Waals surface area contributed by atoms with Gasteiger partial charge in [0.15, 0.2) is 5.69 Å². The van der Waals surface area contributed by atoms with Gasteiger partial charge in [0.2, 0.25) is 0 Å². The number of carbonyl (C=O) groups is 2. The fraction of sp³-hybridized carbons (Fsp3) is 0.389. The van der Waals surface area contributed by atoms with Gasteiger partial charge in [0.25, 0.3) is 5.91 Å². The van der Waals surface area contributed by atoms with Gasteiger partial charge in [-0.2, -0.15) is 5.10 Å². The molecular formula is C18H22ClN3O3. The Morgan fingerprint density at radius 2 is 1.92 bits per heavy atom. The van der Waals surface area contributed by atoms with E-state index < -0.39 is 17.3 Å². The Morgan fingerprint density at radius 1 is 1.28 bits per heavy atom. The molecule has 0 aliphatic carbocycles. The summed E-state index contributed by atoms with van der Waals surface area (Å²) < 4.78 is 1.55. The first-order chi connectivity index (χ1) is 11.8. The predicted octanol–water partition coefficient (Wildman–Crippen LogP) is 3.45. The van der Waals surface area contributed by atoms with Crippen molar-refractivity contribution < 1.29 is 14.7 Å². The molecule has 0 unspecified atom stereocenters. The molecule has 0 radical (unpaired) electrons. The second-order valence-corrected chi connectivity index (χ2v) is 6.44. The van der Waals surface area contributed by atoms with E-state index in [9.17, 15) is 14.7 Å². The fourth-order valence-corrected chi connectivity index (χ4v) is 2.88. The zero-order valence-electron chi connectivity index (χ0n) is 14.5. The van der Waals surface area contributed by atoms with Gasteiger partial charge in [-0.05, 0) is 31.9 Å². The second kappa shape index (κ2) is 7.70. The summed E-state index contributed by atoms with van der Waals surface area (Å²) in [6.07, 6.45) is 2.60. The van der Waals surface area contributed by atoms with E-state index in [4.69, 9.17) is 11.6 Å². The zero-order valence-corrected chi connectivity index (χ0v) is 15.3. The van der Waals surface area contributed by atoms with Crippen LogP contribution in [0.15, 0.2) is 30.5 Å². The van der Waals surface area contributed by atoms with Crippen molar-refractivity contribution in [1.82, 2.24) is 15.1 Å². The third-order valence-corrected chi connectivity index (χ3v) is 4.93. The number of carboxylic acids is 1. The molecule has 25 heavy (non-hydrogen) atoms. The lowest BCUT2D eigenvalue weighted by Gasteiger charge is -2.26. The smallest absolute Gasteiger partial charge is 0.311 e. The molecule has 0 fully saturated rings. The third-order valence-electron chi connectivity index (χ3n) is 4.61. The van der Waals surface area contributed by atoms with Crippen LogP contribution in [0.1, 0.15) is 42.7 Å². The first-order valence-corrected chi connectivity index (χ1v) is 8.55. The van der Waals surface area contributed by atoms with E-state index in [-0.39, 0.29) is 12.2 Å². The van der Waals surface area contributed by atoms with Gasteiger partial charge < -0.3 is 10.4 Å². The van der Waals surface area contributed by atoms with Crippen molar-refractivity contribution in [3.63, 3.8) is 0 Å². The quantitative estimate of drug-likeness (QED) is 0.789. The van der Waals surface area contributed by atoms with E-state index in [1.807, 2.05) is 12.1 Å². The van der Waals surface area contributed by atoms with Crippen LogP contribution in [0.25, 0.3) is 5.69 Å². The topological polar surface area (TPSA) is 84.2 Å². The van der Waals surface area contributed by atoms with Crippen LogP contribution in [0.4, 0.5) is 0 Å². The number of nitrogens with one attached hydrogen (secondary N) is 1. The van der Waals surface area contributed by atoms with Crippen LogP contribution in [-0.2, 0) is 4.79 Å². The number of hydrogen-bond acceptors (Lipinski definition) is 3. The Kier molecular flexibility index (Phi) is 5.85. The van der Waals surface area contributed by atoms with Crippen molar-refractivity contribution in [2.75, 3.05) is 6.54 Å². The minimum atomic E-state index is -0.963. The average Bonchev–Trinajstić information content (AvgIpc) is 2.98. The second-order valence-electron chi connectivity index (χ2n) is 6.03. The molecule has 7 heteroatoms. The zero-order chi connectivity index (χ0) is 18.6. The first kappa shape index (κ1) is 19.0. The summed E-state index contributed by atoms with van der Waals surface area (Å²) in [5, 5.41) is 17.0. The number of benzene rings is 1. The summed E-state index contributed by atoms with van der Waals surface area (Å²) >= 11 is 6.17. The highest BCUT2D eigenvalue weighted by Crippen LogP contribution is 2.26. The Balaban J connectivity index is 2.21. The predicted molar refractivity (Wildman–Crippen MR) is 96.3 cm³/mol. The highest BCUT2D eigenvalue weighted by atomic mass is 35.5. The molecule has 1 amide bonds. The number of rotatable bonds is 7. The van der Waals surface area contributed by atoms with Gasteiger partial charge in [-0.15, -0.1) is 0 Å². The highest BCUT2D eigenvalue weighted by Gasteiger charge is 2.35. The number of halogens is 1. The molecule has 134 valence electrons. The molecule has 6 nitrogen and oxygen atoms in total. The van der Waals surface area contributed by atoms with Crippen LogP contribution in [-0.4, -0.2) is 33.3 Å². The molecule has 0 bridgehead atoms. The lowest BCUT2D eigenvalue weighted by atomic mass is 9.82. The number of carboxylic acid groups (broad SMARTS) is 1. The Hall–Kier alpha value is -2.34. The Morgan fingerprint density at radius 3 is 2.48 bits per heavy atom. The Labute approximate surface area is 151 Å². The summed E-state index contributed by atoms with van der Waals surface area (Å²) in [4.78, 5) is 24.0. The van der Waals surface area contributed by atoms with Crippen LogP contribution in [0.5, 0.6) is 0 Å². The molecule has 0 saturated heterocycles. The lowest BCUT2D eigenvalue weighted by Crippen LogP contribution is -2.42. The van der Waals surface area contributed by atoms with Crippen molar-refractivity contribution in [2.45, 2.75) is 33.6 Å². The van der Waals surface area contributed by atoms with Crippen LogP contribution in [0.2, 0.25) is 5.02 Å². The summed E-state index contributed by atoms with van der Waals surface area (Å²) in [7, 11) is 0. The van der Waals surface area contributed by atoms with Crippen molar-refractivity contribution in [1.29, 1.82) is 0 Å². The molecule has 2 aromatic rings. The molecule has 0 atom stereocenters. The summed E-state index contributed by atoms with van der Waals surface area (Å²) in [6.45, 7) is 5.45. The van der Waals surface area contributed by atoms with Gasteiger partial charge in [0, 0.05) is 18.3 Å². The number of amides is 1. The molecule has 0 aliphatic heterocycles. The number of carbonyl (C=O) groups excluding carboxylic acids is 1. The van der Waals surface area contributed by atoms with Crippen molar-refractivity contribution in [2.24, 2.45) is 5.41 Å². The molecule has 1 heterocycles. The van der Waals surface area contributed by atoms with Gasteiger partial charge >= 0.3 is 5.97 Å². The number of nitrogens with zero attached hydrogens (tertiary/aromatic N) is 2. The summed E-state index contributed by atoms with van der Waals surface area (Å²) in [5.41, 5.74) is 0.653. The standard InChI is InChI=1S/C18H22ClN3O3/c1-4-18(5-2,17(24)25)11-20-16(23)15-12(3)10-22(21-15)14-9-7-6-8-13(14)19/h6-10H,4-5,11H2,1-3H3,(H,20,23)(H,24,25). The van der Waals surface area contributed by atoms with Crippen LogP contribution >= 0.6 is 11.6 Å². The molecule has 0 spiro atoms. The van der Waals surface area contributed by atoms with E-state index in [0.29, 0.717) is 29.1 Å². The number of aryl methyl sites for hydroxylation is 1. The number of aliphatic carboxylic acids is 1. The van der Waals surface area contributed by atoms with Gasteiger partial charge in [-0.3, -0.25) is 9.59 Å². The maximum Gasteiger partial charge on any atom is 0.311 e. The minimum absolute atomic E-state index is 0.0621. The minimum Gasteiger partial charge on any atom is -0.481 e. The molecule has 2 rings (SSSR count). The van der Waals surface area contributed by atoms with Gasteiger partial charge in [0.1, 0.15) is 0 Å². The molecule has 0 saturated carbocycles. The normalized spacial score (nSPS) is 11.4. The SMILES string of the molecule is CCC(CC)(CNC(=O)c1nn(-c2ccccc2Cl)cc1C)C(=O)O. The highest BCUT2D eigenvalue weighted by molar-refractivity contribution is 6.32. The van der Waals surface area contributed by atoms with E-state index in [1.165, 1.54) is 0 Å². The molecule has 1 aromatic carbocycles. The van der Waals surface area contributed by atoms with E-state index >= 15 is 0 Å². The molecule has 1 aromatic heterocycles. The molecule has 0 aliphatic rings. The summed E-state index contributed by atoms with van der Waals surface area (Å²) in [5.74, 6) is -1.30. The Bertz CT molecular complexity index is 782. The van der Waals surface area contributed by atoms with Crippen LogP contribution in [0.3, 0.4) is 0 Å².